The summed E-state index contributed by atoms with van der Waals surface area (Å²) in [4.78, 5) is 0. The average molecular weight is 373 g/mol. The third-order valence-corrected chi connectivity index (χ3v) is 4.00. The molecule has 0 fully saturated rings. The Morgan fingerprint density at radius 1 is 0.944 bits per heavy atom. The Bertz CT molecular complexity index is 543. The number of rotatable bonds is 4. The molecule has 0 saturated heterocycles. The number of halogens is 3. The smallest absolute Gasteiger partial charge is 0.137 e. The van der Waals surface area contributed by atoms with Crippen LogP contribution in [0.1, 0.15) is 11.1 Å². The maximum absolute atomic E-state index is 13.3. The molecule has 0 saturated carbocycles. The highest BCUT2D eigenvalue weighted by atomic mass is 79.9. The molecule has 0 aliphatic carbocycles. The predicted octanol–water partition coefficient (Wildman–Crippen LogP) is 4.64. The van der Waals surface area contributed by atoms with E-state index in [0.717, 1.165) is 16.6 Å². The van der Waals surface area contributed by atoms with Crippen molar-refractivity contribution < 1.29 is 4.39 Å². The van der Waals surface area contributed by atoms with E-state index in [4.69, 9.17) is 0 Å². The van der Waals surface area contributed by atoms with Crippen LogP contribution < -0.4 is 5.32 Å². The van der Waals surface area contributed by atoms with Gasteiger partial charge in [-0.05, 0) is 45.3 Å². The molecule has 0 spiro atoms. The first-order valence-corrected chi connectivity index (χ1v) is 7.13. The maximum Gasteiger partial charge on any atom is 0.137 e. The Labute approximate surface area is 123 Å². The first kappa shape index (κ1) is 13.7. The van der Waals surface area contributed by atoms with Crippen LogP contribution in [0.15, 0.2) is 51.4 Å². The summed E-state index contributed by atoms with van der Waals surface area (Å²) >= 11 is 6.64. The van der Waals surface area contributed by atoms with Gasteiger partial charge < -0.3 is 5.32 Å². The van der Waals surface area contributed by atoms with Gasteiger partial charge in [-0.1, -0.05) is 40.2 Å². The Kier molecular flexibility index (Phi) is 4.92. The van der Waals surface area contributed by atoms with E-state index in [9.17, 15) is 4.39 Å². The third kappa shape index (κ3) is 3.64. The number of hydrogen-bond acceptors (Lipinski definition) is 1. The van der Waals surface area contributed by atoms with E-state index in [-0.39, 0.29) is 5.82 Å². The van der Waals surface area contributed by atoms with Crippen LogP contribution in [0, 0.1) is 5.82 Å². The lowest BCUT2D eigenvalue weighted by molar-refractivity contribution is 0.613. The lowest BCUT2D eigenvalue weighted by Crippen LogP contribution is -2.13. The quantitative estimate of drug-likeness (QED) is 0.824. The molecule has 2 aromatic rings. The summed E-state index contributed by atoms with van der Waals surface area (Å²) in [6.07, 6.45) is 0. The van der Waals surface area contributed by atoms with Crippen LogP contribution in [-0.2, 0) is 13.1 Å². The van der Waals surface area contributed by atoms with Gasteiger partial charge in [0.2, 0.25) is 0 Å². The highest BCUT2D eigenvalue weighted by Crippen LogP contribution is 2.17. The molecule has 0 unspecified atom stereocenters. The standard InChI is InChI=1S/C14H12Br2FN/c15-12-4-2-1-3-11(12)9-18-8-10-5-6-13(16)14(17)7-10/h1-7,18H,8-9H2. The van der Waals surface area contributed by atoms with Gasteiger partial charge in [-0.3, -0.25) is 0 Å². The summed E-state index contributed by atoms with van der Waals surface area (Å²) in [5.74, 6) is -0.227. The summed E-state index contributed by atoms with van der Waals surface area (Å²) in [5, 5.41) is 3.29. The molecular formula is C14H12Br2FN. The maximum atomic E-state index is 13.3. The van der Waals surface area contributed by atoms with Gasteiger partial charge in [0.05, 0.1) is 4.47 Å². The molecule has 94 valence electrons. The lowest BCUT2D eigenvalue weighted by atomic mass is 10.2. The van der Waals surface area contributed by atoms with Crippen LogP contribution in [0.3, 0.4) is 0 Å². The minimum Gasteiger partial charge on any atom is -0.309 e. The molecule has 0 atom stereocenters. The lowest BCUT2D eigenvalue weighted by Gasteiger charge is -2.07. The average Bonchev–Trinajstić information content (AvgIpc) is 2.36. The summed E-state index contributed by atoms with van der Waals surface area (Å²) in [6, 6.07) is 13.2. The summed E-state index contributed by atoms with van der Waals surface area (Å²) < 4.78 is 14.9. The van der Waals surface area contributed by atoms with Crippen molar-refractivity contribution in [3.05, 3.63) is 68.4 Å². The second-order valence-corrected chi connectivity index (χ2v) is 5.65. The highest BCUT2D eigenvalue weighted by molar-refractivity contribution is 9.10. The first-order valence-electron chi connectivity index (χ1n) is 5.55. The van der Waals surface area contributed by atoms with Crippen LogP contribution in [0.2, 0.25) is 0 Å². The monoisotopic (exact) mass is 371 g/mol. The van der Waals surface area contributed by atoms with Crippen molar-refractivity contribution in [2.24, 2.45) is 0 Å². The van der Waals surface area contributed by atoms with Gasteiger partial charge in [-0.25, -0.2) is 4.39 Å². The fraction of sp³-hybridized carbons (Fsp3) is 0.143. The van der Waals surface area contributed by atoms with Gasteiger partial charge in [-0.15, -0.1) is 0 Å². The molecule has 0 amide bonds. The molecule has 0 radical (unpaired) electrons. The molecule has 1 nitrogen and oxygen atoms in total. The number of benzene rings is 2. The van der Waals surface area contributed by atoms with E-state index in [2.05, 4.69) is 43.2 Å². The van der Waals surface area contributed by atoms with Crippen molar-refractivity contribution in [1.82, 2.24) is 5.32 Å². The van der Waals surface area contributed by atoms with Crippen LogP contribution in [0.4, 0.5) is 4.39 Å². The third-order valence-electron chi connectivity index (χ3n) is 2.59. The van der Waals surface area contributed by atoms with E-state index in [1.54, 1.807) is 6.07 Å². The largest absolute Gasteiger partial charge is 0.309 e. The van der Waals surface area contributed by atoms with E-state index < -0.39 is 0 Å². The zero-order chi connectivity index (χ0) is 13.0. The van der Waals surface area contributed by atoms with Gasteiger partial charge in [0.25, 0.3) is 0 Å². The summed E-state index contributed by atoms with van der Waals surface area (Å²) in [6.45, 7) is 1.39. The molecular weight excluding hydrogens is 361 g/mol. The zero-order valence-corrected chi connectivity index (χ0v) is 12.8. The molecule has 0 heterocycles. The van der Waals surface area contributed by atoms with Crippen LogP contribution >= 0.6 is 31.9 Å². The van der Waals surface area contributed by atoms with Crippen molar-refractivity contribution in [2.75, 3.05) is 0 Å². The van der Waals surface area contributed by atoms with Crippen molar-refractivity contribution in [3.63, 3.8) is 0 Å². The van der Waals surface area contributed by atoms with Gasteiger partial charge in [0.15, 0.2) is 0 Å². The number of nitrogens with one attached hydrogen (secondary N) is 1. The molecule has 0 bridgehead atoms. The van der Waals surface area contributed by atoms with Crippen molar-refractivity contribution in [3.8, 4) is 0 Å². The minimum absolute atomic E-state index is 0.227. The van der Waals surface area contributed by atoms with E-state index in [1.807, 2.05) is 24.3 Å². The molecule has 18 heavy (non-hydrogen) atoms. The van der Waals surface area contributed by atoms with Gasteiger partial charge >= 0.3 is 0 Å². The Hall–Kier alpha value is -0.710. The summed E-state index contributed by atoms with van der Waals surface area (Å²) in [5.41, 5.74) is 2.12. The Morgan fingerprint density at radius 3 is 2.44 bits per heavy atom. The van der Waals surface area contributed by atoms with E-state index >= 15 is 0 Å². The van der Waals surface area contributed by atoms with Crippen molar-refractivity contribution in [2.45, 2.75) is 13.1 Å². The SMILES string of the molecule is Fc1cc(CNCc2ccccc2Br)ccc1Br. The highest BCUT2D eigenvalue weighted by Gasteiger charge is 2.01. The number of hydrogen-bond donors (Lipinski definition) is 1. The molecule has 2 aromatic carbocycles. The van der Waals surface area contributed by atoms with Gasteiger partial charge in [0.1, 0.15) is 5.82 Å². The molecule has 1 N–H and O–H groups in total. The topological polar surface area (TPSA) is 12.0 Å². The Balaban J connectivity index is 1.92. The van der Waals surface area contributed by atoms with Gasteiger partial charge in [-0.2, -0.15) is 0 Å². The molecule has 4 heteroatoms. The Morgan fingerprint density at radius 2 is 1.72 bits per heavy atom. The second-order valence-electron chi connectivity index (χ2n) is 3.94. The van der Waals surface area contributed by atoms with Crippen molar-refractivity contribution >= 4 is 31.9 Å². The molecule has 0 aromatic heterocycles. The molecule has 0 aliphatic heterocycles. The fourth-order valence-corrected chi connectivity index (χ4v) is 2.30. The zero-order valence-electron chi connectivity index (χ0n) is 9.59. The summed E-state index contributed by atoms with van der Waals surface area (Å²) in [7, 11) is 0. The molecule has 0 aliphatic rings. The van der Waals surface area contributed by atoms with Crippen molar-refractivity contribution in [1.29, 1.82) is 0 Å². The van der Waals surface area contributed by atoms with E-state index in [0.29, 0.717) is 11.0 Å². The molecule has 2 rings (SSSR count). The second kappa shape index (κ2) is 6.45. The first-order chi connectivity index (χ1) is 8.66. The normalized spacial score (nSPS) is 10.6. The minimum atomic E-state index is -0.227. The van der Waals surface area contributed by atoms with Crippen LogP contribution in [-0.4, -0.2) is 0 Å². The predicted molar refractivity (Wildman–Crippen MR) is 78.8 cm³/mol. The fourth-order valence-electron chi connectivity index (χ4n) is 1.63. The van der Waals surface area contributed by atoms with Crippen LogP contribution in [0.25, 0.3) is 0 Å². The van der Waals surface area contributed by atoms with Gasteiger partial charge in [0, 0.05) is 17.6 Å². The van der Waals surface area contributed by atoms with Crippen LogP contribution in [0.5, 0.6) is 0 Å². The van der Waals surface area contributed by atoms with E-state index in [1.165, 1.54) is 11.6 Å².